The normalized spacial score (nSPS) is 10.6. The zero-order chi connectivity index (χ0) is 12.4. The van der Waals surface area contributed by atoms with Crippen molar-refractivity contribution in [2.75, 3.05) is 0 Å². The van der Waals surface area contributed by atoms with Crippen LogP contribution in [0.25, 0.3) is 11.5 Å². The van der Waals surface area contributed by atoms with Crippen molar-refractivity contribution in [2.45, 2.75) is 20.3 Å². The van der Waals surface area contributed by atoms with Gasteiger partial charge < -0.3 is 0 Å². The second kappa shape index (κ2) is 5.27. The summed E-state index contributed by atoms with van der Waals surface area (Å²) < 4.78 is 0.891. The van der Waals surface area contributed by atoms with Crippen molar-refractivity contribution >= 4 is 34.2 Å². The summed E-state index contributed by atoms with van der Waals surface area (Å²) in [5.74, 6) is 0.602. The molecule has 2 rings (SSSR count). The SMILES string of the molecule is CCc1cccnc1-c1nc(C)c(I)c(Cl)n1. The molecule has 0 aliphatic carbocycles. The Labute approximate surface area is 119 Å². The summed E-state index contributed by atoms with van der Waals surface area (Å²) >= 11 is 8.22. The van der Waals surface area contributed by atoms with Crippen LogP contribution in [0.2, 0.25) is 5.15 Å². The van der Waals surface area contributed by atoms with E-state index in [1.165, 1.54) is 0 Å². The highest BCUT2D eigenvalue weighted by molar-refractivity contribution is 14.1. The molecule has 5 heteroatoms. The van der Waals surface area contributed by atoms with Crippen molar-refractivity contribution in [1.82, 2.24) is 15.0 Å². The lowest BCUT2D eigenvalue weighted by molar-refractivity contribution is 1.04. The predicted octanol–water partition coefficient (Wildman–Crippen LogP) is 3.67. The molecule has 0 amide bonds. The summed E-state index contributed by atoms with van der Waals surface area (Å²) in [4.78, 5) is 13.1. The van der Waals surface area contributed by atoms with Crippen molar-refractivity contribution in [1.29, 1.82) is 0 Å². The molecule has 0 aromatic carbocycles. The molecular formula is C12H11ClIN3. The molecule has 0 atom stereocenters. The number of aromatic nitrogens is 3. The van der Waals surface area contributed by atoms with E-state index in [2.05, 4.69) is 44.5 Å². The van der Waals surface area contributed by atoms with Crippen LogP contribution in [0.15, 0.2) is 18.3 Å². The highest BCUT2D eigenvalue weighted by atomic mass is 127. The minimum absolute atomic E-state index is 0.487. The molecule has 3 nitrogen and oxygen atoms in total. The number of pyridine rings is 1. The second-order valence-corrected chi connectivity index (χ2v) is 5.04. The van der Waals surface area contributed by atoms with E-state index in [0.29, 0.717) is 11.0 Å². The van der Waals surface area contributed by atoms with Gasteiger partial charge in [0.2, 0.25) is 0 Å². The molecule has 0 N–H and O–H groups in total. The zero-order valence-electron chi connectivity index (χ0n) is 9.54. The van der Waals surface area contributed by atoms with Crippen LogP contribution in [-0.4, -0.2) is 15.0 Å². The first-order valence-corrected chi connectivity index (χ1v) is 6.73. The van der Waals surface area contributed by atoms with E-state index in [0.717, 1.165) is 26.9 Å². The molecule has 0 radical (unpaired) electrons. The topological polar surface area (TPSA) is 38.7 Å². The average molecular weight is 360 g/mol. The van der Waals surface area contributed by atoms with Gasteiger partial charge in [-0.1, -0.05) is 24.6 Å². The number of halogens is 2. The van der Waals surface area contributed by atoms with Crippen molar-refractivity contribution < 1.29 is 0 Å². The summed E-state index contributed by atoms with van der Waals surface area (Å²) in [5, 5.41) is 0.487. The summed E-state index contributed by atoms with van der Waals surface area (Å²) in [6.45, 7) is 4.01. The molecule has 17 heavy (non-hydrogen) atoms. The fourth-order valence-electron chi connectivity index (χ4n) is 1.56. The summed E-state index contributed by atoms with van der Waals surface area (Å²) in [7, 11) is 0. The van der Waals surface area contributed by atoms with Crippen molar-refractivity contribution in [3.05, 3.63) is 38.3 Å². The summed E-state index contributed by atoms with van der Waals surface area (Å²) in [6.07, 6.45) is 2.65. The molecular weight excluding hydrogens is 349 g/mol. The van der Waals surface area contributed by atoms with Crippen molar-refractivity contribution in [2.24, 2.45) is 0 Å². The third-order valence-corrected chi connectivity index (χ3v) is 4.34. The van der Waals surface area contributed by atoms with Gasteiger partial charge in [-0.15, -0.1) is 0 Å². The van der Waals surface area contributed by atoms with Gasteiger partial charge >= 0.3 is 0 Å². The Balaban J connectivity index is 2.61. The monoisotopic (exact) mass is 359 g/mol. The maximum absolute atomic E-state index is 6.08. The minimum Gasteiger partial charge on any atom is -0.253 e. The number of hydrogen-bond acceptors (Lipinski definition) is 3. The van der Waals surface area contributed by atoms with Crippen LogP contribution < -0.4 is 0 Å². The van der Waals surface area contributed by atoms with Gasteiger partial charge in [0, 0.05) is 6.20 Å². The summed E-state index contributed by atoms with van der Waals surface area (Å²) in [6, 6.07) is 3.95. The molecule has 0 bridgehead atoms. The van der Waals surface area contributed by atoms with Crippen LogP contribution in [0.1, 0.15) is 18.2 Å². The van der Waals surface area contributed by atoms with Crippen LogP contribution in [0.4, 0.5) is 0 Å². The minimum atomic E-state index is 0.487. The van der Waals surface area contributed by atoms with Crippen LogP contribution in [0.3, 0.4) is 0 Å². The van der Waals surface area contributed by atoms with E-state index in [-0.39, 0.29) is 0 Å². The van der Waals surface area contributed by atoms with Crippen molar-refractivity contribution in [3.8, 4) is 11.5 Å². The average Bonchev–Trinajstić information content (AvgIpc) is 2.35. The molecule has 2 aromatic rings. The van der Waals surface area contributed by atoms with Crippen LogP contribution in [0.5, 0.6) is 0 Å². The zero-order valence-corrected chi connectivity index (χ0v) is 12.5. The maximum atomic E-state index is 6.08. The molecule has 0 unspecified atom stereocenters. The van der Waals surface area contributed by atoms with Gasteiger partial charge in [0.25, 0.3) is 0 Å². The van der Waals surface area contributed by atoms with E-state index >= 15 is 0 Å². The Morgan fingerprint density at radius 3 is 2.76 bits per heavy atom. The van der Waals surface area contributed by atoms with Gasteiger partial charge in [0.05, 0.1) is 9.26 Å². The van der Waals surface area contributed by atoms with Gasteiger partial charge in [0.1, 0.15) is 10.8 Å². The number of nitrogens with zero attached hydrogens (tertiary/aromatic N) is 3. The molecule has 88 valence electrons. The molecule has 2 aromatic heterocycles. The molecule has 0 saturated heterocycles. The van der Waals surface area contributed by atoms with Crippen LogP contribution >= 0.6 is 34.2 Å². The maximum Gasteiger partial charge on any atom is 0.180 e. The quantitative estimate of drug-likeness (QED) is 0.607. The third-order valence-electron chi connectivity index (χ3n) is 2.46. The number of aryl methyl sites for hydroxylation is 2. The smallest absolute Gasteiger partial charge is 0.180 e. The molecule has 0 aliphatic rings. The van der Waals surface area contributed by atoms with E-state index in [1.807, 2.05) is 19.1 Å². The lowest BCUT2D eigenvalue weighted by Crippen LogP contribution is -2.00. The van der Waals surface area contributed by atoms with E-state index in [4.69, 9.17) is 11.6 Å². The largest absolute Gasteiger partial charge is 0.253 e. The first kappa shape index (κ1) is 12.7. The highest BCUT2D eigenvalue weighted by Crippen LogP contribution is 2.24. The Morgan fingerprint density at radius 2 is 2.12 bits per heavy atom. The lowest BCUT2D eigenvalue weighted by Gasteiger charge is -2.07. The fraction of sp³-hybridized carbons (Fsp3) is 0.250. The lowest BCUT2D eigenvalue weighted by atomic mass is 10.1. The fourth-order valence-corrected chi connectivity index (χ4v) is 2.01. The molecule has 2 heterocycles. The first-order chi connectivity index (χ1) is 8.13. The number of rotatable bonds is 2. The van der Waals surface area contributed by atoms with Gasteiger partial charge in [-0.3, -0.25) is 4.98 Å². The third kappa shape index (κ3) is 2.57. The Morgan fingerprint density at radius 1 is 1.35 bits per heavy atom. The van der Waals surface area contributed by atoms with Gasteiger partial charge in [0.15, 0.2) is 5.82 Å². The van der Waals surface area contributed by atoms with Gasteiger partial charge in [-0.05, 0) is 47.6 Å². The Kier molecular flexibility index (Phi) is 3.93. The summed E-state index contributed by atoms with van der Waals surface area (Å²) in [5.41, 5.74) is 2.83. The highest BCUT2D eigenvalue weighted by Gasteiger charge is 2.12. The standard InChI is InChI=1S/C12H11ClIN3/c1-3-8-5-4-6-15-10(8)12-16-7(2)9(14)11(13)17-12/h4-6H,3H2,1-2H3. The Hall–Kier alpha value is -0.750. The molecule has 0 aliphatic heterocycles. The molecule has 0 spiro atoms. The van der Waals surface area contributed by atoms with Crippen LogP contribution in [-0.2, 0) is 6.42 Å². The van der Waals surface area contributed by atoms with Crippen molar-refractivity contribution in [3.63, 3.8) is 0 Å². The van der Waals surface area contributed by atoms with E-state index in [1.54, 1.807) is 6.20 Å². The molecule has 0 fully saturated rings. The van der Waals surface area contributed by atoms with Crippen LogP contribution in [0, 0.1) is 10.5 Å². The first-order valence-electron chi connectivity index (χ1n) is 5.27. The van der Waals surface area contributed by atoms with E-state index in [9.17, 15) is 0 Å². The van der Waals surface area contributed by atoms with Gasteiger partial charge in [-0.25, -0.2) is 9.97 Å². The number of hydrogen-bond donors (Lipinski definition) is 0. The molecule has 0 saturated carbocycles. The Bertz CT molecular complexity index is 534. The van der Waals surface area contributed by atoms with Gasteiger partial charge in [-0.2, -0.15) is 0 Å². The second-order valence-electron chi connectivity index (χ2n) is 3.60. The predicted molar refractivity (Wildman–Crippen MR) is 77.1 cm³/mol. The van der Waals surface area contributed by atoms with E-state index < -0.39 is 0 Å².